The summed E-state index contributed by atoms with van der Waals surface area (Å²) in [4.78, 5) is 2.41. The molecule has 4 nitrogen and oxygen atoms in total. The third kappa shape index (κ3) is 3.68. The molecular weight excluding hydrogens is 236 g/mol. The van der Waals surface area contributed by atoms with E-state index >= 15 is 0 Å². The van der Waals surface area contributed by atoms with Crippen LogP contribution in [0.3, 0.4) is 0 Å². The average Bonchev–Trinajstić information content (AvgIpc) is 2.39. The van der Waals surface area contributed by atoms with Crippen molar-refractivity contribution in [1.29, 1.82) is 0 Å². The van der Waals surface area contributed by atoms with Crippen molar-refractivity contribution in [2.24, 2.45) is 10.3 Å². The van der Waals surface area contributed by atoms with Crippen LogP contribution >= 0.6 is 11.6 Å². The minimum absolute atomic E-state index is 0.723. The maximum atomic E-state index is 5.80. The number of piperazine rings is 1. The second-order valence-electron chi connectivity index (χ2n) is 4.05. The Morgan fingerprint density at radius 3 is 2.35 bits per heavy atom. The molecule has 2 rings (SSSR count). The van der Waals surface area contributed by atoms with Gasteiger partial charge in [0.25, 0.3) is 0 Å². The van der Waals surface area contributed by atoms with Crippen molar-refractivity contribution in [2.75, 3.05) is 32.7 Å². The van der Waals surface area contributed by atoms with Crippen molar-refractivity contribution in [3.05, 3.63) is 29.3 Å². The normalized spacial score (nSPS) is 17.9. The summed E-state index contributed by atoms with van der Waals surface area (Å²) in [7, 11) is 0. The van der Waals surface area contributed by atoms with E-state index in [-0.39, 0.29) is 0 Å². The number of hydrogen-bond donors (Lipinski definition) is 0. The van der Waals surface area contributed by atoms with E-state index in [0.717, 1.165) is 43.4 Å². The maximum absolute atomic E-state index is 5.80. The molecule has 0 radical (unpaired) electrons. The zero-order valence-electron chi connectivity index (χ0n) is 10.0. The summed E-state index contributed by atoms with van der Waals surface area (Å²) in [5.74, 6) is 0. The van der Waals surface area contributed by atoms with Crippen molar-refractivity contribution in [3.63, 3.8) is 0 Å². The quantitative estimate of drug-likeness (QED) is 0.775. The second kappa shape index (κ2) is 5.98. The summed E-state index contributed by atoms with van der Waals surface area (Å²) < 4.78 is 0. The van der Waals surface area contributed by atoms with Crippen molar-refractivity contribution < 1.29 is 0 Å². The summed E-state index contributed by atoms with van der Waals surface area (Å²) in [6, 6.07) is 7.39. The molecule has 0 unspecified atom stereocenters. The lowest BCUT2D eigenvalue weighted by atomic mass is 10.3. The van der Waals surface area contributed by atoms with Crippen LogP contribution in [0.15, 0.2) is 34.6 Å². The molecule has 0 atom stereocenters. The highest BCUT2D eigenvalue weighted by Gasteiger charge is 2.13. The molecule has 92 valence electrons. The Morgan fingerprint density at radius 2 is 1.76 bits per heavy atom. The van der Waals surface area contributed by atoms with E-state index < -0.39 is 0 Å². The fourth-order valence-electron chi connectivity index (χ4n) is 1.77. The molecule has 1 saturated heterocycles. The third-order valence-corrected chi connectivity index (χ3v) is 3.16. The highest BCUT2D eigenvalue weighted by molar-refractivity contribution is 6.30. The topological polar surface area (TPSA) is 31.2 Å². The summed E-state index contributed by atoms with van der Waals surface area (Å²) in [6.45, 7) is 7.33. The Balaban J connectivity index is 1.87. The van der Waals surface area contributed by atoms with Crippen LogP contribution in [0.2, 0.25) is 5.02 Å². The first kappa shape index (κ1) is 12.3. The van der Waals surface area contributed by atoms with E-state index in [1.54, 1.807) is 0 Å². The second-order valence-corrected chi connectivity index (χ2v) is 4.49. The smallest absolute Gasteiger partial charge is 0.0875 e. The van der Waals surface area contributed by atoms with Gasteiger partial charge in [0.15, 0.2) is 0 Å². The molecule has 0 saturated carbocycles. The third-order valence-electron chi connectivity index (χ3n) is 2.91. The fraction of sp³-hybridized carbons (Fsp3) is 0.500. The lowest BCUT2D eigenvalue weighted by Crippen LogP contribution is -2.43. The fourth-order valence-corrected chi connectivity index (χ4v) is 1.89. The van der Waals surface area contributed by atoms with E-state index in [4.69, 9.17) is 11.6 Å². The molecule has 5 heteroatoms. The van der Waals surface area contributed by atoms with Crippen LogP contribution in [0.25, 0.3) is 0 Å². The monoisotopic (exact) mass is 252 g/mol. The van der Waals surface area contributed by atoms with E-state index in [0.29, 0.717) is 0 Å². The van der Waals surface area contributed by atoms with Gasteiger partial charge in [0.1, 0.15) is 0 Å². The van der Waals surface area contributed by atoms with Gasteiger partial charge in [-0.25, -0.2) is 0 Å². The number of nitrogens with zero attached hydrogens (tertiary/aromatic N) is 4. The van der Waals surface area contributed by atoms with Crippen LogP contribution in [-0.2, 0) is 0 Å². The molecule has 1 heterocycles. The van der Waals surface area contributed by atoms with Gasteiger partial charge in [-0.2, -0.15) is 0 Å². The maximum Gasteiger partial charge on any atom is 0.0875 e. The Labute approximate surface area is 107 Å². The van der Waals surface area contributed by atoms with E-state index in [2.05, 4.69) is 22.2 Å². The lowest BCUT2D eigenvalue weighted by Gasteiger charge is -2.31. The van der Waals surface area contributed by atoms with E-state index in [1.807, 2.05) is 29.3 Å². The van der Waals surface area contributed by atoms with Crippen LogP contribution in [-0.4, -0.2) is 42.6 Å². The molecule has 0 aliphatic carbocycles. The minimum Gasteiger partial charge on any atom is -0.300 e. The summed E-state index contributed by atoms with van der Waals surface area (Å²) in [5, 5.41) is 11.2. The predicted octanol–water partition coefficient (Wildman–Crippen LogP) is 2.98. The minimum atomic E-state index is 0.723. The van der Waals surface area contributed by atoms with Crippen molar-refractivity contribution in [3.8, 4) is 0 Å². The van der Waals surface area contributed by atoms with Gasteiger partial charge >= 0.3 is 0 Å². The molecule has 1 aromatic rings. The van der Waals surface area contributed by atoms with Gasteiger partial charge in [0.05, 0.1) is 18.8 Å². The highest BCUT2D eigenvalue weighted by atomic mass is 35.5. The van der Waals surface area contributed by atoms with Crippen LogP contribution in [0, 0.1) is 0 Å². The number of likely N-dealkylation sites (N-methyl/N-ethyl adjacent to an activating group) is 1. The van der Waals surface area contributed by atoms with Gasteiger partial charge in [-0.1, -0.05) is 23.7 Å². The molecule has 1 aliphatic heterocycles. The van der Waals surface area contributed by atoms with Gasteiger partial charge in [-0.05, 0) is 30.8 Å². The van der Waals surface area contributed by atoms with Crippen LogP contribution < -0.4 is 0 Å². The first-order chi connectivity index (χ1) is 8.28. The van der Waals surface area contributed by atoms with Gasteiger partial charge in [0.2, 0.25) is 0 Å². The Bertz CT molecular complexity index is 369. The standard InChI is InChI=1S/C12H17ClN4/c1-2-16-7-9-17(10-8-16)15-14-12-5-3-11(13)4-6-12/h3-6H,2,7-10H2,1H3. The van der Waals surface area contributed by atoms with Gasteiger partial charge < -0.3 is 0 Å². The Morgan fingerprint density at radius 1 is 1.12 bits per heavy atom. The zero-order chi connectivity index (χ0) is 12.1. The largest absolute Gasteiger partial charge is 0.300 e. The first-order valence-electron chi connectivity index (χ1n) is 5.92. The van der Waals surface area contributed by atoms with Gasteiger partial charge in [-0.3, -0.25) is 9.91 Å². The van der Waals surface area contributed by atoms with Crippen molar-refractivity contribution in [1.82, 2.24) is 9.91 Å². The molecular formula is C12H17ClN4. The molecule has 0 spiro atoms. The summed E-state index contributed by atoms with van der Waals surface area (Å²) in [5.41, 5.74) is 0.840. The van der Waals surface area contributed by atoms with Crippen LogP contribution in [0.5, 0.6) is 0 Å². The molecule has 0 amide bonds. The van der Waals surface area contributed by atoms with Gasteiger partial charge in [0, 0.05) is 18.1 Å². The molecule has 0 N–H and O–H groups in total. The van der Waals surface area contributed by atoms with Crippen molar-refractivity contribution in [2.45, 2.75) is 6.92 Å². The SMILES string of the molecule is CCN1CCN(N=Nc2ccc(Cl)cc2)CC1. The molecule has 1 aromatic carbocycles. The highest BCUT2D eigenvalue weighted by Crippen LogP contribution is 2.17. The summed E-state index contributed by atoms with van der Waals surface area (Å²) in [6.07, 6.45) is 0. The van der Waals surface area contributed by atoms with E-state index in [9.17, 15) is 0 Å². The average molecular weight is 253 g/mol. The molecule has 1 fully saturated rings. The van der Waals surface area contributed by atoms with Crippen LogP contribution in [0.1, 0.15) is 6.92 Å². The molecule has 1 aliphatic rings. The van der Waals surface area contributed by atoms with Gasteiger partial charge in [-0.15, -0.1) is 5.11 Å². The molecule has 0 bridgehead atoms. The Kier molecular flexibility index (Phi) is 4.34. The van der Waals surface area contributed by atoms with Crippen LogP contribution in [0.4, 0.5) is 5.69 Å². The predicted molar refractivity (Wildman–Crippen MR) is 69.7 cm³/mol. The lowest BCUT2D eigenvalue weighted by molar-refractivity contribution is 0.134. The number of benzene rings is 1. The zero-order valence-corrected chi connectivity index (χ0v) is 10.8. The number of rotatable bonds is 3. The Hall–Kier alpha value is -1.13. The van der Waals surface area contributed by atoms with E-state index in [1.165, 1.54) is 0 Å². The number of hydrogen-bond acceptors (Lipinski definition) is 3. The summed E-state index contributed by atoms with van der Waals surface area (Å²) >= 11 is 5.80. The first-order valence-corrected chi connectivity index (χ1v) is 6.30. The molecule has 0 aromatic heterocycles. The number of halogens is 1. The van der Waals surface area contributed by atoms with Crippen molar-refractivity contribution >= 4 is 17.3 Å². The molecule has 17 heavy (non-hydrogen) atoms.